The lowest BCUT2D eigenvalue weighted by Gasteiger charge is -2.08. The zero-order valence-corrected chi connectivity index (χ0v) is 17.2. The Hall–Kier alpha value is -3.29. The Bertz CT molecular complexity index is 1090. The third-order valence-electron chi connectivity index (χ3n) is 4.63. The number of benzene rings is 1. The van der Waals surface area contributed by atoms with E-state index >= 15 is 0 Å². The number of halogens is 3. The Labute approximate surface area is 177 Å². The molecule has 5 nitrogen and oxygen atoms in total. The molecular weight excluding hydrogens is 407 g/mol. The number of carbonyl (C=O) groups is 2. The largest absolute Gasteiger partial charge is 0.416 e. The van der Waals surface area contributed by atoms with E-state index in [9.17, 15) is 22.8 Å². The maximum absolute atomic E-state index is 12.9. The van der Waals surface area contributed by atoms with Gasteiger partial charge in [0.15, 0.2) is 11.6 Å². The molecule has 0 aliphatic carbocycles. The van der Waals surface area contributed by atoms with Crippen molar-refractivity contribution in [3.8, 4) is 5.69 Å². The Kier molecular flexibility index (Phi) is 6.68. The van der Waals surface area contributed by atoms with Crippen molar-refractivity contribution in [1.82, 2.24) is 14.8 Å². The summed E-state index contributed by atoms with van der Waals surface area (Å²) in [5.74, 6) is -0.125. The maximum atomic E-state index is 12.9. The molecule has 0 radical (unpaired) electrons. The maximum Gasteiger partial charge on any atom is 0.416 e. The number of hydrogen-bond donors (Lipinski definition) is 0. The summed E-state index contributed by atoms with van der Waals surface area (Å²) >= 11 is 0. The van der Waals surface area contributed by atoms with Gasteiger partial charge in [-0.05, 0) is 48.2 Å². The minimum atomic E-state index is -4.43. The number of Topliss-reactive ketones (excluding diaryl/α,β-unsaturated/α-hetero) is 2. The first-order chi connectivity index (χ1) is 14.6. The van der Waals surface area contributed by atoms with Crippen LogP contribution in [0, 0.1) is 5.92 Å². The molecule has 8 heteroatoms. The predicted molar refractivity (Wildman–Crippen MR) is 109 cm³/mol. The van der Waals surface area contributed by atoms with Gasteiger partial charge in [-0.3, -0.25) is 9.59 Å². The van der Waals surface area contributed by atoms with Gasteiger partial charge in [-0.1, -0.05) is 26.0 Å². The van der Waals surface area contributed by atoms with Gasteiger partial charge in [-0.25, -0.2) is 9.67 Å². The molecule has 3 aromatic rings. The van der Waals surface area contributed by atoms with Crippen LogP contribution in [0.5, 0.6) is 0 Å². The summed E-state index contributed by atoms with van der Waals surface area (Å²) in [6, 6.07) is 9.68. The molecule has 0 N–H and O–H groups in total. The van der Waals surface area contributed by atoms with E-state index in [2.05, 4.69) is 10.1 Å². The van der Waals surface area contributed by atoms with E-state index < -0.39 is 11.7 Å². The molecule has 0 spiro atoms. The molecule has 162 valence electrons. The van der Waals surface area contributed by atoms with Gasteiger partial charge in [-0.15, -0.1) is 0 Å². The molecule has 31 heavy (non-hydrogen) atoms. The van der Waals surface area contributed by atoms with Crippen molar-refractivity contribution >= 4 is 11.6 Å². The summed E-state index contributed by atoms with van der Waals surface area (Å²) in [6.07, 6.45) is -0.467. The second-order valence-corrected chi connectivity index (χ2v) is 7.69. The molecule has 0 atom stereocenters. The number of hydrogen-bond acceptors (Lipinski definition) is 4. The van der Waals surface area contributed by atoms with Crippen LogP contribution in [0.4, 0.5) is 13.2 Å². The lowest BCUT2D eigenvalue weighted by atomic mass is 10.0. The van der Waals surface area contributed by atoms with Gasteiger partial charge in [-0.2, -0.15) is 18.3 Å². The van der Waals surface area contributed by atoms with Crippen molar-refractivity contribution in [1.29, 1.82) is 0 Å². The summed E-state index contributed by atoms with van der Waals surface area (Å²) in [5, 5.41) is 4.10. The van der Waals surface area contributed by atoms with Crippen LogP contribution in [-0.2, 0) is 12.6 Å². The molecule has 2 heterocycles. The lowest BCUT2D eigenvalue weighted by molar-refractivity contribution is -0.137. The number of carbonyl (C=O) groups excluding carboxylic acids is 2. The third kappa shape index (κ3) is 5.87. The standard InChI is InChI=1S/C23H22F3N3O2/c1-15(2)11-22(31)20-8-4-7-19(28-20)21(30)10-9-16-13-27-29(14-16)18-6-3-5-17(12-18)23(24,25)26/h3-8,12-15H,9-11H2,1-2H3. The highest BCUT2D eigenvalue weighted by Gasteiger charge is 2.30. The highest BCUT2D eigenvalue weighted by molar-refractivity contribution is 5.98. The molecule has 3 rings (SSSR count). The fourth-order valence-corrected chi connectivity index (χ4v) is 3.06. The zero-order chi connectivity index (χ0) is 22.6. The van der Waals surface area contributed by atoms with Crippen molar-refractivity contribution in [3.63, 3.8) is 0 Å². The molecule has 0 saturated carbocycles. The summed E-state index contributed by atoms with van der Waals surface area (Å²) in [5.41, 5.74) is 0.732. The second-order valence-electron chi connectivity index (χ2n) is 7.69. The van der Waals surface area contributed by atoms with Gasteiger partial charge < -0.3 is 0 Å². The number of aryl methyl sites for hydroxylation is 1. The average Bonchev–Trinajstić information content (AvgIpc) is 3.20. The Morgan fingerprint density at radius 2 is 1.71 bits per heavy atom. The second kappa shape index (κ2) is 9.24. The topological polar surface area (TPSA) is 64.8 Å². The molecular formula is C23H22F3N3O2. The van der Waals surface area contributed by atoms with Gasteiger partial charge in [0.1, 0.15) is 11.4 Å². The van der Waals surface area contributed by atoms with Crippen molar-refractivity contribution in [3.05, 3.63) is 77.4 Å². The van der Waals surface area contributed by atoms with E-state index in [1.165, 1.54) is 23.0 Å². The van der Waals surface area contributed by atoms with Crippen LogP contribution in [-0.4, -0.2) is 26.3 Å². The molecule has 0 saturated heterocycles. The fourth-order valence-electron chi connectivity index (χ4n) is 3.06. The summed E-state index contributed by atoms with van der Waals surface area (Å²) in [7, 11) is 0. The minimum absolute atomic E-state index is 0.105. The first kappa shape index (κ1) is 22.4. The van der Waals surface area contributed by atoms with E-state index in [1.54, 1.807) is 24.4 Å². The fraction of sp³-hybridized carbons (Fsp3) is 0.304. The summed E-state index contributed by atoms with van der Waals surface area (Å²) in [4.78, 5) is 28.9. The number of nitrogens with zero attached hydrogens (tertiary/aromatic N) is 3. The van der Waals surface area contributed by atoms with Crippen LogP contribution in [0.25, 0.3) is 5.69 Å². The van der Waals surface area contributed by atoms with Crippen LogP contribution >= 0.6 is 0 Å². The Balaban J connectivity index is 1.66. The highest BCUT2D eigenvalue weighted by Crippen LogP contribution is 2.30. The van der Waals surface area contributed by atoms with E-state index in [-0.39, 0.29) is 41.0 Å². The molecule has 2 aromatic heterocycles. The number of pyridine rings is 1. The van der Waals surface area contributed by atoms with Gasteiger partial charge in [0.05, 0.1) is 17.4 Å². The van der Waals surface area contributed by atoms with Crippen molar-refractivity contribution < 1.29 is 22.8 Å². The van der Waals surface area contributed by atoms with Gasteiger partial charge in [0.2, 0.25) is 0 Å². The number of rotatable bonds is 8. The van der Waals surface area contributed by atoms with Gasteiger partial charge in [0.25, 0.3) is 0 Å². The molecule has 0 aliphatic rings. The minimum Gasteiger partial charge on any atom is -0.292 e. The predicted octanol–water partition coefficient (Wildman–Crippen LogP) is 5.33. The molecule has 0 bridgehead atoms. The number of aromatic nitrogens is 3. The normalized spacial score (nSPS) is 11.7. The summed E-state index contributed by atoms with van der Waals surface area (Å²) in [6.45, 7) is 3.87. The van der Waals surface area contributed by atoms with E-state index in [0.29, 0.717) is 18.4 Å². The first-order valence-corrected chi connectivity index (χ1v) is 9.88. The van der Waals surface area contributed by atoms with Gasteiger partial charge >= 0.3 is 6.18 Å². The molecule has 1 aromatic carbocycles. The number of alkyl halides is 3. The monoisotopic (exact) mass is 429 g/mol. The van der Waals surface area contributed by atoms with Crippen LogP contribution in [0.2, 0.25) is 0 Å². The average molecular weight is 429 g/mol. The van der Waals surface area contributed by atoms with Crippen molar-refractivity contribution in [2.75, 3.05) is 0 Å². The van der Waals surface area contributed by atoms with Crippen molar-refractivity contribution in [2.45, 2.75) is 39.3 Å². The van der Waals surface area contributed by atoms with E-state index in [1.807, 2.05) is 13.8 Å². The molecule has 0 unspecified atom stereocenters. The SMILES string of the molecule is CC(C)CC(=O)c1cccc(C(=O)CCc2cnn(-c3cccc(C(F)(F)F)c3)c2)n1. The summed E-state index contributed by atoms with van der Waals surface area (Å²) < 4.78 is 40.1. The van der Waals surface area contributed by atoms with Crippen LogP contribution in [0.15, 0.2) is 54.9 Å². The van der Waals surface area contributed by atoms with E-state index in [4.69, 9.17) is 0 Å². The van der Waals surface area contributed by atoms with Crippen LogP contribution < -0.4 is 0 Å². The molecule has 0 aliphatic heterocycles. The molecule has 0 fully saturated rings. The van der Waals surface area contributed by atoms with Crippen LogP contribution in [0.3, 0.4) is 0 Å². The Morgan fingerprint density at radius 1 is 1.03 bits per heavy atom. The molecule has 0 amide bonds. The quantitative estimate of drug-likeness (QED) is 0.454. The smallest absolute Gasteiger partial charge is 0.292 e. The Morgan fingerprint density at radius 3 is 2.39 bits per heavy atom. The van der Waals surface area contributed by atoms with Crippen LogP contribution in [0.1, 0.15) is 58.8 Å². The van der Waals surface area contributed by atoms with Crippen molar-refractivity contribution in [2.24, 2.45) is 5.92 Å². The number of ketones is 2. The van der Waals surface area contributed by atoms with Gasteiger partial charge in [0, 0.05) is 19.0 Å². The lowest BCUT2D eigenvalue weighted by Crippen LogP contribution is -2.10. The highest BCUT2D eigenvalue weighted by atomic mass is 19.4. The zero-order valence-electron chi connectivity index (χ0n) is 17.2. The first-order valence-electron chi connectivity index (χ1n) is 9.88. The third-order valence-corrected chi connectivity index (χ3v) is 4.63. The van der Waals surface area contributed by atoms with E-state index in [0.717, 1.165) is 12.1 Å².